The van der Waals surface area contributed by atoms with E-state index in [1.165, 1.54) is 6.07 Å². The second kappa shape index (κ2) is 9.62. The largest absolute Gasteiger partial charge is 0.486 e. The Morgan fingerprint density at radius 2 is 1.82 bits per heavy atom. The Bertz CT molecular complexity index is 1240. The second-order valence-corrected chi connectivity index (χ2v) is 8.43. The maximum absolute atomic E-state index is 14.4. The van der Waals surface area contributed by atoms with Gasteiger partial charge in [0, 0.05) is 36.9 Å². The van der Waals surface area contributed by atoms with Crippen LogP contribution in [0.3, 0.4) is 0 Å². The number of anilines is 1. The van der Waals surface area contributed by atoms with E-state index in [4.69, 9.17) is 9.47 Å². The highest BCUT2D eigenvalue weighted by molar-refractivity contribution is 6.00. The number of ether oxygens (including phenoxy) is 2. The van der Waals surface area contributed by atoms with Gasteiger partial charge in [0.2, 0.25) is 5.91 Å². The number of Topliss-reactive ketones (excluding diaryl/α,β-unsaturated/α-hetero) is 1. The van der Waals surface area contributed by atoms with Crippen LogP contribution >= 0.6 is 0 Å². The van der Waals surface area contributed by atoms with Gasteiger partial charge in [-0.1, -0.05) is 6.42 Å². The molecule has 2 aliphatic rings. The molecule has 2 aliphatic heterocycles. The second-order valence-electron chi connectivity index (χ2n) is 8.43. The van der Waals surface area contributed by atoms with E-state index in [1.807, 2.05) is 0 Å². The van der Waals surface area contributed by atoms with Crippen LogP contribution in [0.15, 0.2) is 36.4 Å². The number of fused-ring (bicyclic) bond motifs is 2. The number of carbonyl (C=O) groups excluding carboxylic acids is 2. The van der Waals surface area contributed by atoms with Gasteiger partial charge in [0.25, 0.3) is 0 Å². The average molecular weight is 464 g/mol. The Labute approximate surface area is 196 Å². The molecule has 9 heteroatoms. The molecule has 0 saturated carbocycles. The molecule has 0 atom stereocenters. The van der Waals surface area contributed by atoms with Gasteiger partial charge in [0.05, 0.1) is 5.69 Å². The molecule has 1 aromatic heterocycles. The smallest absolute Gasteiger partial charge is 0.224 e. The number of nitrogens with one attached hydrogen (secondary N) is 1. The molecule has 1 amide bonds. The highest BCUT2D eigenvalue weighted by atomic mass is 19.1. The first kappa shape index (κ1) is 22.1. The fourth-order valence-electron chi connectivity index (χ4n) is 4.26. The molecular formula is C25H25FN4O4. The Hall–Kier alpha value is -3.75. The Morgan fingerprint density at radius 1 is 0.971 bits per heavy atom. The number of nitrogens with zero attached hydrogens (tertiary/aromatic N) is 3. The summed E-state index contributed by atoms with van der Waals surface area (Å²) in [5.41, 5.74) is 1.18. The number of halogens is 1. The molecule has 0 radical (unpaired) electrons. The summed E-state index contributed by atoms with van der Waals surface area (Å²) in [5.74, 6) is 1.52. The van der Waals surface area contributed by atoms with E-state index in [9.17, 15) is 14.0 Å². The van der Waals surface area contributed by atoms with E-state index in [1.54, 1.807) is 30.3 Å². The summed E-state index contributed by atoms with van der Waals surface area (Å²) in [6.45, 7) is 1.71. The summed E-state index contributed by atoms with van der Waals surface area (Å²) in [4.78, 5) is 25.1. The van der Waals surface area contributed by atoms with Gasteiger partial charge < -0.3 is 19.4 Å². The zero-order valence-corrected chi connectivity index (χ0v) is 18.7. The van der Waals surface area contributed by atoms with Crippen molar-refractivity contribution in [3.63, 3.8) is 0 Å². The average Bonchev–Trinajstić information content (AvgIpc) is 3.11. The van der Waals surface area contributed by atoms with E-state index in [-0.39, 0.29) is 24.3 Å². The van der Waals surface area contributed by atoms with Crippen molar-refractivity contribution in [2.24, 2.45) is 0 Å². The van der Waals surface area contributed by atoms with Crippen LogP contribution < -0.4 is 14.8 Å². The summed E-state index contributed by atoms with van der Waals surface area (Å²) in [5, 5.41) is 11.2. The summed E-state index contributed by atoms with van der Waals surface area (Å²) >= 11 is 0. The Balaban J connectivity index is 1.24. The molecule has 3 heterocycles. The number of carbonyl (C=O) groups is 2. The number of aryl methyl sites for hydroxylation is 1. The zero-order valence-electron chi connectivity index (χ0n) is 18.7. The molecule has 0 unspecified atom stereocenters. The van der Waals surface area contributed by atoms with E-state index >= 15 is 0 Å². The highest BCUT2D eigenvalue weighted by Crippen LogP contribution is 2.31. The summed E-state index contributed by atoms with van der Waals surface area (Å²) < 4.78 is 27.5. The Kier molecular flexibility index (Phi) is 6.24. The molecule has 2 aromatic carbocycles. The number of ketones is 1. The Morgan fingerprint density at radius 3 is 2.71 bits per heavy atom. The molecule has 176 valence electrons. The van der Waals surface area contributed by atoms with Crippen LogP contribution in [0.5, 0.6) is 11.5 Å². The van der Waals surface area contributed by atoms with Crippen molar-refractivity contribution in [1.82, 2.24) is 14.8 Å². The van der Waals surface area contributed by atoms with Crippen molar-refractivity contribution in [3.8, 4) is 22.9 Å². The van der Waals surface area contributed by atoms with E-state index in [2.05, 4.69) is 20.1 Å². The van der Waals surface area contributed by atoms with Gasteiger partial charge in [-0.2, -0.15) is 0 Å². The van der Waals surface area contributed by atoms with Crippen molar-refractivity contribution in [3.05, 3.63) is 53.6 Å². The number of rotatable bonds is 6. The molecule has 34 heavy (non-hydrogen) atoms. The molecule has 0 saturated heterocycles. The third kappa shape index (κ3) is 4.64. The summed E-state index contributed by atoms with van der Waals surface area (Å²) in [7, 11) is 0. The number of amides is 1. The van der Waals surface area contributed by atoms with Crippen molar-refractivity contribution in [2.45, 2.75) is 45.1 Å². The summed E-state index contributed by atoms with van der Waals surface area (Å²) in [6, 6.07) is 9.48. The standard InChI is InChI=1S/C25H25FN4O4/c26-18-7-5-17(25-29-28-23-4-2-1-3-11-30(23)25)14-19(18)27-24(32)10-8-20(31)16-6-9-21-22(15-16)34-13-12-33-21/h5-7,9,14-15H,1-4,8,10-13H2,(H,27,32). The molecule has 8 nitrogen and oxygen atoms in total. The van der Waals surface area contributed by atoms with Gasteiger partial charge in [-0.3, -0.25) is 9.59 Å². The first-order valence-corrected chi connectivity index (χ1v) is 11.5. The molecule has 0 aliphatic carbocycles. The zero-order chi connectivity index (χ0) is 23.5. The van der Waals surface area contributed by atoms with E-state index < -0.39 is 11.7 Å². The van der Waals surface area contributed by atoms with Gasteiger partial charge in [-0.15, -0.1) is 10.2 Å². The van der Waals surface area contributed by atoms with E-state index in [0.717, 1.165) is 38.1 Å². The highest BCUT2D eigenvalue weighted by Gasteiger charge is 2.19. The van der Waals surface area contributed by atoms with Gasteiger partial charge in [0.15, 0.2) is 23.1 Å². The topological polar surface area (TPSA) is 95.3 Å². The number of hydrogen-bond donors (Lipinski definition) is 1. The van der Waals surface area contributed by atoms with Crippen LogP contribution in [0, 0.1) is 5.82 Å². The van der Waals surface area contributed by atoms with Crippen LogP contribution in [0.25, 0.3) is 11.4 Å². The third-order valence-electron chi connectivity index (χ3n) is 6.05. The molecule has 0 bridgehead atoms. The van der Waals surface area contributed by atoms with Gasteiger partial charge in [0.1, 0.15) is 24.9 Å². The lowest BCUT2D eigenvalue weighted by molar-refractivity contribution is -0.116. The lowest BCUT2D eigenvalue weighted by Crippen LogP contribution is -2.16. The lowest BCUT2D eigenvalue weighted by atomic mass is 10.1. The van der Waals surface area contributed by atoms with Crippen LogP contribution in [0.1, 0.15) is 48.3 Å². The van der Waals surface area contributed by atoms with Gasteiger partial charge >= 0.3 is 0 Å². The van der Waals surface area contributed by atoms with Crippen molar-refractivity contribution < 1.29 is 23.5 Å². The predicted molar refractivity (Wildman–Crippen MR) is 123 cm³/mol. The normalized spacial score (nSPS) is 14.7. The predicted octanol–water partition coefficient (Wildman–Crippen LogP) is 4.18. The van der Waals surface area contributed by atoms with Crippen LogP contribution in [-0.4, -0.2) is 39.7 Å². The lowest BCUT2D eigenvalue weighted by Gasteiger charge is -2.18. The molecule has 0 spiro atoms. The molecule has 5 rings (SSSR count). The third-order valence-corrected chi connectivity index (χ3v) is 6.05. The van der Waals surface area contributed by atoms with Crippen molar-refractivity contribution >= 4 is 17.4 Å². The number of benzene rings is 2. The minimum atomic E-state index is -0.550. The van der Waals surface area contributed by atoms with E-state index in [0.29, 0.717) is 41.7 Å². The van der Waals surface area contributed by atoms with Crippen LogP contribution in [0.2, 0.25) is 0 Å². The minimum Gasteiger partial charge on any atom is -0.486 e. The monoisotopic (exact) mass is 464 g/mol. The SMILES string of the molecule is O=C(CCC(=O)c1ccc2c(c1)OCCO2)Nc1cc(-c2nnc3n2CCCCC3)ccc1F. The van der Waals surface area contributed by atoms with Crippen LogP contribution in [-0.2, 0) is 17.8 Å². The molecule has 3 aromatic rings. The maximum atomic E-state index is 14.4. The fourth-order valence-corrected chi connectivity index (χ4v) is 4.26. The quantitative estimate of drug-likeness (QED) is 0.550. The van der Waals surface area contributed by atoms with Gasteiger partial charge in [-0.05, 0) is 49.2 Å². The van der Waals surface area contributed by atoms with Gasteiger partial charge in [-0.25, -0.2) is 4.39 Å². The molecular weight excluding hydrogens is 439 g/mol. The molecule has 1 N–H and O–H groups in total. The van der Waals surface area contributed by atoms with Crippen molar-refractivity contribution in [2.75, 3.05) is 18.5 Å². The number of hydrogen-bond acceptors (Lipinski definition) is 6. The minimum absolute atomic E-state index is 0.00945. The van der Waals surface area contributed by atoms with Crippen molar-refractivity contribution in [1.29, 1.82) is 0 Å². The maximum Gasteiger partial charge on any atom is 0.224 e. The summed E-state index contributed by atoms with van der Waals surface area (Å²) in [6.07, 6.45) is 4.05. The fraction of sp³-hybridized carbons (Fsp3) is 0.360. The first-order valence-electron chi connectivity index (χ1n) is 11.5. The van der Waals surface area contributed by atoms with Crippen LogP contribution in [0.4, 0.5) is 10.1 Å². The number of aromatic nitrogens is 3. The molecule has 0 fully saturated rings. The first-order chi connectivity index (χ1) is 16.6.